The van der Waals surface area contributed by atoms with Crippen LogP contribution in [-0.2, 0) is 14.6 Å². The predicted molar refractivity (Wildman–Crippen MR) is 117 cm³/mol. The van der Waals surface area contributed by atoms with Gasteiger partial charge in [-0.3, -0.25) is 0 Å². The maximum Gasteiger partial charge on any atom is 0.189 e. The average Bonchev–Trinajstić information content (AvgIpc) is 2.77. The largest absolute Gasteiger partial charge is 0.394 e. The van der Waals surface area contributed by atoms with E-state index >= 15 is 0 Å². The first-order chi connectivity index (χ1) is 15.3. The molecule has 3 rings (SSSR count). The first kappa shape index (κ1) is 24.1. The SMILES string of the molecule is O=S(=O)(c1ccc(Cl)cc1)C(c1ccnc(NCCOCCO)c1)c1cc(F)ccc1F. The van der Waals surface area contributed by atoms with E-state index in [9.17, 15) is 17.2 Å². The van der Waals surface area contributed by atoms with Crippen molar-refractivity contribution in [2.45, 2.75) is 10.1 Å². The van der Waals surface area contributed by atoms with Gasteiger partial charge in [-0.1, -0.05) is 11.6 Å². The zero-order chi connectivity index (χ0) is 23.1. The van der Waals surface area contributed by atoms with Crippen LogP contribution in [0.15, 0.2) is 65.7 Å². The summed E-state index contributed by atoms with van der Waals surface area (Å²) >= 11 is 5.88. The standard InChI is InChI=1S/C22H21ClF2N2O4S/c23-16-1-4-18(5-2-16)32(29,30)22(19-14-17(24)3-6-20(19)25)15-7-8-26-21(13-15)27-9-11-31-12-10-28/h1-8,13-14,22,28H,9-12H2,(H,26,27). The number of hydrogen-bond donors (Lipinski definition) is 2. The topological polar surface area (TPSA) is 88.5 Å². The summed E-state index contributed by atoms with van der Waals surface area (Å²) in [6.45, 7) is 0.726. The molecule has 0 fully saturated rings. The zero-order valence-corrected chi connectivity index (χ0v) is 18.4. The van der Waals surface area contributed by atoms with E-state index in [-0.39, 0.29) is 35.8 Å². The molecule has 3 aromatic rings. The molecule has 0 aliphatic carbocycles. The van der Waals surface area contributed by atoms with Crippen molar-refractivity contribution in [2.24, 2.45) is 0 Å². The van der Waals surface area contributed by atoms with Gasteiger partial charge in [-0.2, -0.15) is 0 Å². The number of benzene rings is 2. The highest BCUT2D eigenvalue weighted by Crippen LogP contribution is 2.37. The number of anilines is 1. The summed E-state index contributed by atoms with van der Waals surface area (Å²) in [7, 11) is -4.19. The van der Waals surface area contributed by atoms with Crippen LogP contribution in [0.5, 0.6) is 0 Å². The number of aromatic nitrogens is 1. The lowest BCUT2D eigenvalue weighted by atomic mass is 10.0. The number of rotatable bonds is 10. The number of nitrogens with zero attached hydrogens (tertiary/aromatic N) is 1. The Bertz CT molecular complexity index is 1160. The molecule has 170 valence electrons. The molecule has 0 aliphatic heterocycles. The summed E-state index contributed by atoms with van der Waals surface area (Å²) in [4.78, 5) is 4.06. The fourth-order valence-electron chi connectivity index (χ4n) is 3.13. The summed E-state index contributed by atoms with van der Waals surface area (Å²) in [6.07, 6.45) is 1.38. The molecule has 0 radical (unpaired) electrons. The lowest BCUT2D eigenvalue weighted by Gasteiger charge is -2.20. The van der Waals surface area contributed by atoms with E-state index in [1.54, 1.807) is 0 Å². The molecule has 0 saturated heterocycles. The number of halogens is 3. The van der Waals surface area contributed by atoms with Gasteiger partial charge in [0.05, 0.1) is 24.7 Å². The second kappa shape index (κ2) is 10.8. The highest BCUT2D eigenvalue weighted by atomic mass is 35.5. The van der Waals surface area contributed by atoms with Crippen molar-refractivity contribution in [3.05, 3.63) is 88.6 Å². The van der Waals surface area contributed by atoms with Gasteiger partial charge in [-0.25, -0.2) is 22.2 Å². The number of ether oxygens (including phenoxy) is 1. The quantitative estimate of drug-likeness (QED) is 0.425. The van der Waals surface area contributed by atoms with Gasteiger partial charge in [0, 0.05) is 23.3 Å². The van der Waals surface area contributed by atoms with E-state index in [4.69, 9.17) is 21.4 Å². The Kier molecular flexibility index (Phi) is 8.14. The number of pyridine rings is 1. The van der Waals surface area contributed by atoms with E-state index in [1.807, 2.05) is 0 Å². The predicted octanol–water partition coefficient (Wildman–Crippen LogP) is 4.00. The Morgan fingerprint density at radius 1 is 1.06 bits per heavy atom. The summed E-state index contributed by atoms with van der Waals surface area (Å²) in [6, 6.07) is 11.1. The Labute approximate surface area is 189 Å². The van der Waals surface area contributed by atoms with Gasteiger partial charge >= 0.3 is 0 Å². The van der Waals surface area contributed by atoms with E-state index in [1.165, 1.54) is 42.6 Å². The van der Waals surface area contributed by atoms with Crippen LogP contribution < -0.4 is 5.32 Å². The molecule has 1 aromatic heterocycles. The second-order valence-electron chi connectivity index (χ2n) is 6.78. The van der Waals surface area contributed by atoms with Crippen LogP contribution in [0.1, 0.15) is 16.4 Å². The van der Waals surface area contributed by atoms with Crippen LogP contribution in [0.3, 0.4) is 0 Å². The minimum Gasteiger partial charge on any atom is -0.394 e. The molecule has 0 spiro atoms. The van der Waals surface area contributed by atoms with Crippen LogP contribution in [-0.4, -0.2) is 44.9 Å². The number of nitrogens with one attached hydrogen (secondary N) is 1. The molecule has 10 heteroatoms. The van der Waals surface area contributed by atoms with E-state index in [0.29, 0.717) is 17.4 Å². The number of hydrogen-bond acceptors (Lipinski definition) is 6. The molecule has 2 N–H and O–H groups in total. The molecule has 32 heavy (non-hydrogen) atoms. The van der Waals surface area contributed by atoms with Crippen molar-refractivity contribution >= 4 is 27.3 Å². The molecule has 1 atom stereocenters. The minimum absolute atomic E-state index is 0.0840. The van der Waals surface area contributed by atoms with Crippen molar-refractivity contribution < 1.29 is 27.0 Å². The molecule has 2 aromatic carbocycles. The molecule has 0 aliphatic rings. The highest BCUT2D eigenvalue weighted by Gasteiger charge is 2.33. The fourth-order valence-corrected chi connectivity index (χ4v) is 5.06. The van der Waals surface area contributed by atoms with Crippen molar-refractivity contribution in [2.75, 3.05) is 31.7 Å². The highest BCUT2D eigenvalue weighted by molar-refractivity contribution is 7.91. The van der Waals surface area contributed by atoms with Gasteiger partial charge in [0.15, 0.2) is 9.84 Å². The molecule has 1 unspecified atom stereocenters. The Hall–Kier alpha value is -2.59. The van der Waals surface area contributed by atoms with Gasteiger partial charge in [-0.15, -0.1) is 0 Å². The summed E-state index contributed by atoms with van der Waals surface area (Å²) < 4.78 is 60.9. The number of sulfone groups is 1. The molecule has 1 heterocycles. The maximum atomic E-state index is 14.7. The van der Waals surface area contributed by atoms with Gasteiger partial charge in [0.2, 0.25) is 0 Å². The van der Waals surface area contributed by atoms with E-state index in [2.05, 4.69) is 10.3 Å². The third-order valence-electron chi connectivity index (χ3n) is 4.57. The van der Waals surface area contributed by atoms with Crippen LogP contribution in [0.2, 0.25) is 5.02 Å². The fraction of sp³-hybridized carbons (Fsp3) is 0.227. The van der Waals surface area contributed by atoms with Gasteiger partial charge < -0.3 is 15.2 Å². The second-order valence-corrected chi connectivity index (χ2v) is 9.25. The monoisotopic (exact) mass is 482 g/mol. The average molecular weight is 483 g/mol. The first-order valence-corrected chi connectivity index (χ1v) is 11.6. The van der Waals surface area contributed by atoms with Crippen LogP contribution in [0.4, 0.5) is 14.6 Å². The molecule has 6 nitrogen and oxygen atoms in total. The molecular formula is C22H21ClF2N2O4S. The smallest absolute Gasteiger partial charge is 0.189 e. The normalized spacial score (nSPS) is 12.5. The lowest BCUT2D eigenvalue weighted by Crippen LogP contribution is -2.18. The van der Waals surface area contributed by atoms with Crippen molar-refractivity contribution in [1.29, 1.82) is 0 Å². The summed E-state index contributed by atoms with van der Waals surface area (Å²) in [5.74, 6) is -1.27. The van der Waals surface area contributed by atoms with Gasteiger partial charge in [0.25, 0.3) is 0 Å². The van der Waals surface area contributed by atoms with Crippen LogP contribution in [0.25, 0.3) is 0 Å². The maximum absolute atomic E-state index is 14.7. The van der Waals surface area contributed by atoms with Crippen LogP contribution in [0, 0.1) is 11.6 Å². The summed E-state index contributed by atoms with van der Waals surface area (Å²) in [5, 5.41) is 10.5. The van der Waals surface area contributed by atoms with Crippen molar-refractivity contribution in [1.82, 2.24) is 4.98 Å². The third-order valence-corrected chi connectivity index (χ3v) is 6.90. The summed E-state index contributed by atoms with van der Waals surface area (Å²) in [5.41, 5.74) is -0.110. The van der Waals surface area contributed by atoms with Crippen LogP contribution >= 0.6 is 11.6 Å². The van der Waals surface area contributed by atoms with Gasteiger partial charge in [0.1, 0.15) is 22.7 Å². The van der Waals surface area contributed by atoms with E-state index < -0.39 is 26.7 Å². The molecular weight excluding hydrogens is 462 g/mol. The van der Waals surface area contributed by atoms with Gasteiger partial charge in [-0.05, 0) is 60.2 Å². The molecule has 0 amide bonds. The Morgan fingerprint density at radius 3 is 2.53 bits per heavy atom. The third kappa shape index (κ3) is 5.80. The molecule has 0 bridgehead atoms. The van der Waals surface area contributed by atoms with E-state index in [0.717, 1.165) is 18.2 Å². The van der Waals surface area contributed by atoms with Crippen molar-refractivity contribution in [3.8, 4) is 0 Å². The lowest BCUT2D eigenvalue weighted by molar-refractivity contribution is 0.0992. The number of aliphatic hydroxyl groups excluding tert-OH is 1. The first-order valence-electron chi connectivity index (χ1n) is 9.66. The molecule has 0 saturated carbocycles. The Balaban J connectivity index is 2.03. The minimum atomic E-state index is -4.19. The number of aliphatic hydroxyl groups is 1. The Morgan fingerprint density at radius 2 is 1.81 bits per heavy atom. The van der Waals surface area contributed by atoms with Crippen molar-refractivity contribution in [3.63, 3.8) is 0 Å². The zero-order valence-electron chi connectivity index (χ0n) is 16.8.